The van der Waals surface area contributed by atoms with E-state index in [2.05, 4.69) is 0 Å². The first-order chi connectivity index (χ1) is 4.65. The fourth-order valence-electron chi connectivity index (χ4n) is 1.22. The lowest BCUT2D eigenvalue weighted by molar-refractivity contribution is 0.415. The van der Waals surface area contributed by atoms with E-state index in [4.69, 9.17) is 10.6 Å². The molecule has 1 radical (unpaired) electrons. The SMILES string of the molecule is NC1([PH](=O)O)[CH]CCCC1. The van der Waals surface area contributed by atoms with Gasteiger partial charge in [0.25, 0.3) is 0 Å². The third kappa shape index (κ3) is 1.60. The Labute approximate surface area is 61.5 Å². The van der Waals surface area contributed by atoms with Gasteiger partial charge >= 0.3 is 0 Å². The molecular formula is C6H13NO2P. The summed E-state index contributed by atoms with van der Waals surface area (Å²) in [6.45, 7) is 0. The van der Waals surface area contributed by atoms with Gasteiger partial charge in [-0.1, -0.05) is 12.8 Å². The van der Waals surface area contributed by atoms with Crippen molar-refractivity contribution >= 4 is 8.03 Å². The molecule has 4 heteroatoms. The Balaban J connectivity index is 2.56. The molecule has 0 amide bonds. The van der Waals surface area contributed by atoms with Crippen molar-refractivity contribution in [2.75, 3.05) is 0 Å². The summed E-state index contributed by atoms with van der Waals surface area (Å²) in [6, 6.07) is 0. The van der Waals surface area contributed by atoms with Crippen LogP contribution in [-0.2, 0) is 4.57 Å². The number of nitrogens with two attached hydrogens (primary N) is 1. The summed E-state index contributed by atoms with van der Waals surface area (Å²) in [5.41, 5.74) is 5.63. The first kappa shape index (κ1) is 8.25. The smallest absolute Gasteiger partial charge is 0.208 e. The van der Waals surface area contributed by atoms with Crippen LogP contribution in [0.1, 0.15) is 25.7 Å². The van der Waals surface area contributed by atoms with Crippen LogP contribution >= 0.6 is 8.03 Å². The molecule has 1 aliphatic rings. The van der Waals surface area contributed by atoms with Crippen molar-refractivity contribution in [1.82, 2.24) is 0 Å². The Hall–Kier alpha value is 0.150. The van der Waals surface area contributed by atoms with E-state index >= 15 is 0 Å². The normalized spacial score (nSPS) is 27.8. The van der Waals surface area contributed by atoms with Gasteiger partial charge in [0, 0.05) is 0 Å². The highest BCUT2D eigenvalue weighted by Gasteiger charge is 2.32. The molecule has 0 aromatic heterocycles. The second-order valence-corrected chi connectivity index (χ2v) is 4.34. The standard InChI is InChI=1S/C6H13NO2P/c7-6(10(8)9)4-2-1-3-5-6/h4,10H,1-3,5,7H2,(H,8,9). The van der Waals surface area contributed by atoms with E-state index in [0.29, 0.717) is 6.42 Å². The van der Waals surface area contributed by atoms with E-state index in [9.17, 15) is 4.57 Å². The predicted molar refractivity (Wildman–Crippen MR) is 40.9 cm³/mol. The molecule has 1 rings (SSSR count). The summed E-state index contributed by atoms with van der Waals surface area (Å²) in [5, 5.41) is -0.844. The van der Waals surface area contributed by atoms with Gasteiger partial charge < -0.3 is 10.6 Å². The van der Waals surface area contributed by atoms with E-state index in [0.717, 1.165) is 19.3 Å². The van der Waals surface area contributed by atoms with E-state index in [1.165, 1.54) is 0 Å². The molecule has 2 unspecified atom stereocenters. The quantitative estimate of drug-likeness (QED) is 0.563. The molecule has 1 aliphatic carbocycles. The number of rotatable bonds is 1. The lowest BCUT2D eigenvalue weighted by Gasteiger charge is -2.29. The van der Waals surface area contributed by atoms with Crippen molar-refractivity contribution in [1.29, 1.82) is 0 Å². The van der Waals surface area contributed by atoms with Crippen LogP contribution in [0.15, 0.2) is 0 Å². The molecule has 1 fully saturated rings. The molecule has 0 saturated heterocycles. The van der Waals surface area contributed by atoms with Gasteiger partial charge in [0.15, 0.2) is 0 Å². The monoisotopic (exact) mass is 162 g/mol. The van der Waals surface area contributed by atoms with Crippen LogP contribution < -0.4 is 5.73 Å². The molecule has 0 bridgehead atoms. The second-order valence-electron chi connectivity index (χ2n) is 2.80. The minimum Gasteiger partial charge on any atom is -0.345 e. The van der Waals surface area contributed by atoms with Crippen molar-refractivity contribution in [3.8, 4) is 0 Å². The maximum absolute atomic E-state index is 10.7. The summed E-state index contributed by atoms with van der Waals surface area (Å²) in [7, 11) is -2.56. The maximum Gasteiger partial charge on any atom is 0.208 e. The molecule has 1 saturated carbocycles. The molecule has 0 heterocycles. The highest BCUT2D eigenvalue weighted by atomic mass is 31.1. The predicted octanol–water partition coefficient (Wildman–Crippen LogP) is 0.887. The van der Waals surface area contributed by atoms with E-state index in [-0.39, 0.29) is 0 Å². The van der Waals surface area contributed by atoms with E-state index < -0.39 is 13.3 Å². The third-order valence-electron chi connectivity index (χ3n) is 1.95. The average molecular weight is 162 g/mol. The Bertz CT molecular complexity index is 143. The molecule has 10 heavy (non-hydrogen) atoms. The molecule has 0 aromatic rings. The Kier molecular flexibility index (Phi) is 2.50. The van der Waals surface area contributed by atoms with E-state index in [1.54, 1.807) is 6.42 Å². The van der Waals surface area contributed by atoms with Gasteiger partial charge in [0.2, 0.25) is 8.03 Å². The molecule has 0 spiro atoms. The summed E-state index contributed by atoms with van der Waals surface area (Å²) in [6.07, 6.45) is 5.42. The topological polar surface area (TPSA) is 63.3 Å². The molecule has 59 valence electrons. The Morgan fingerprint density at radius 3 is 2.60 bits per heavy atom. The van der Waals surface area contributed by atoms with E-state index in [1.807, 2.05) is 0 Å². The van der Waals surface area contributed by atoms with Gasteiger partial charge in [-0.05, 0) is 19.3 Å². The zero-order valence-corrected chi connectivity index (χ0v) is 6.84. The van der Waals surface area contributed by atoms with Crippen molar-refractivity contribution in [3.05, 3.63) is 6.42 Å². The highest BCUT2D eigenvalue weighted by Crippen LogP contribution is 2.41. The summed E-state index contributed by atoms with van der Waals surface area (Å²) < 4.78 is 10.7. The number of hydrogen-bond donors (Lipinski definition) is 2. The van der Waals surface area contributed by atoms with Gasteiger partial charge in [-0.25, -0.2) is 0 Å². The molecule has 0 aliphatic heterocycles. The minimum atomic E-state index is -2.56. The molecule has 3 N–H and O–H groups in total. The highest BCUT2D eigenvalue weighted by molar-refractivity contribution is 7.40. The minimum absolute atomic E-state index is 0.668. The fourth-order valence-corrected chi connectivity index (χ4v) is 1.93. The first-order valence-corrected chi connectivity index (χ1v) is 4.87. The second kappa shape index (κ2) is 3.04. The van der Waals surface area contributed by atoms with Crippen LogP contribution in [0.4, 0.5) is 0 Å². The molecule has 2 atom stereocenters. The van der Waals surface area contributed by atoms with Crippen molar-refractivity contribution in [3.63, 3.8) is 0 Å². The zero-order valence-electron chi connectivity index (χ0n) is 5.84. The van der Waals surface area contributed by atoms with Crippen LogP contribution in [-0.4, -0.2) is 10.2 Å². The first-order valence-electron chi connectivity index (χ1n) is 3.52. The molecule has 0 aromatic carbocycles. The Morgan fingerprint density at radius 2 is 2.30 bits per heavy atom. The van der Waals surface area contributed by atoms with Crippen LogP contribution in [0.3, 0.4) is 0 Å². The average Bonchev–Trinajstić information content (AvgIpc) is 1.89. The Morgan fingerprint density at radius 1 is 1.60 bits per heavy atom. The van der Waals surface area contributed by atoms with Crippen molar-refractivity contribution < 1.29 is 9.46 Å². The van der Waals surface area contributed by atoms with Gasteiger partial charge in [0.1, 0.15) is 0 Å². The van der Waals surface area contributed by atoms with Crippen LogP contribution in [0, 0.1) is 6.42 Å². The molecular weight excluding hydrogens is 149 g/mol. The van der Waals surface area contributed by atoms with Gasteiger partial charge in [0.05, 0.1) is 5.28 Å². The lowest BCUT2D eigenvalue weighted by Crippen LogP contribution is -2.38. The van der Waals surface area contributed by atoms with Crippen molar-refractivity contribution in [2.24, 2.45) is 5.73 Å². The summed E-state index contributed by atoms with van der Waals surface area (Å²) in [4.78, 5) is 8.83. The van der Waals surface area contributed by atoms with Crippen LogP contribution in [0.2, 0.25) is 0 Å². The number of hydrogen-bond acceptors (Lipinski definition) is 2. The third-order valence-corrected chi connectivity index (χ3v) is 3.20. The van der Waals surface area contributed by atoms with Gasteiger partial charge in [-0.15, -0.1) is 0 Å². The zero-order chi connectivity index (χ0) is 7.61. The van der Waals surface area contributed by atoms with Crippen molar-refractivity contribution in [2.45, 2.75) is 31.0 Å². The summed E-state index contributed by atoms with van der Waals surface area (Å²) >= 11 is 0. The van der Waals surface area contributed by atoms with Crippen LogP contribution in [0.5, 0.6) is 0 Å². The van der Waals surface area contributed by atoms with Crippen LogP contribution in [0.25, 0.3) is 0 Å². The molecule has 3 nitrogen and oxygen atoms in total. The lowest BCUT2D eigenvalue weighted by atomic mass is 9.96. The summed E-state index contributed by atoms with van der Waals surface area (Å²) in [5.74, 6) is 0. The van der Waals surface area contributed by atoms with Gasteiger partial charge in [-0.3, -0.25) is 4.57 Å². The maximum atomic E-state index is 10.7. The fraction of sp³-hybridized carbons (Fsp3) is 0.833. The largest absolute Gasteiger partial charge is 0.345 e. The van der Waals surface area contributed by atoms with Gasteiger partial charge in [-0.2, -0.15) is 0 Å².